The van der Waals surface area contributed by atoms with Gasteiger partial charge in [-0.05, 0) is 23.7 Å². The molecule has 0 nitrogen and oxygen atoms in total. The van der Waals surface area contributed by atoms with E-state index in [1.165, 1.54) is 33.4 Å². The van der Waals surface area contributed by atoms with Crippen molar-refractivity contribution in [2.75, 3.05) is 0 Å². The van der Waals surface area contributed by atoms with E-state index in [1.807, 2.05) is 57.1 Å². The van der Waals surface area contributed by atoms with Gasteiger partial charge in [0.2, 0.25) is 0 Å². The van der Waals surface area contributed by atoms with E-state index in [0.29, 0.717) is 0 Å². The summed E-state index contributed by atoms with van der Waals surface area (Å²) in [5.41, 5.74) is 9.54. The van der Waals surface area contributed by atoms with Crippen molar-refractivity contribution in [3.63, 3.8) is 0 Å². The molecule has 0 amide bonds. The zero-order valence-corrected chi connectivity index (χ0v) is 27.8. The van der Waals surface area contributed by atoms with Crippen molar-refractivity contribution >= 4 is 32.4 Å². The normalized spacial score (nSPS) is 18.8. The van der Waals surface area contributed by atoms with Gasteiger partial charge in [-0.1, -0.05) is 59.8 Å². The molecule has 0 saturated heterocycles. The minimum absolute atomic E-state index is 0. The molecule has 0 bridgehead atoms. The topological polar surface area (TPSA) is 0 Å². The van der Waals surface area contributed by atoms with Gasteiger partial charge in [-0.25, -0.2) is 0 Å². The summed E-state index contributed by atoms with van der Waals surface area (Å²) in [6.45, 7) is 17.1. The molecule has 0 saturated carbocycles. The van der Waals surface area contributed by atoms with Crippen LogP contribution in [0.5, 0.6) is 0 Å². The maximum atomic E-state index is 3.72. The van der Waals surface area contributed by atoms with Crippen LogP contribution >= 0.6 is 24.8 Å². The summed E-state index contributed by atoms with van der Waals surface area (Å²) in [5.74, 6) is 0. The molecule has 1 aromatic carbocycles. The van der Waals surface area contributed by atoms with Gasteiger partial charge in [-0.15, -0.1) is 84.5 Å². The molecule has 4 aliphatic carbocycles. The van der Waals surface area contributed by atoms with E-state index < -0.39 is 0 Å². The average Bonchev–Trinajstić information content (AvgIpc) is 3.32. The van der Waals surface area contributed by atoms with Crippen LogP contribution in [0.1, 0.15) is 59.9 Å². The molecule has 4 aliphatic rings. The van der Waals surface area contributed by atoms with Crippen molar-refractivity contribution in [3.8, 4) is 0 Å². The van der Waals surface area contributed by atoms with Gasteiger partial charge < -0.3 is 0 Å². The van der Waals surface area contributed by atoms with E-state index in [2.05, 4.69) is 109 Å². The maximum absolute atomic E-state index is 3.72. The van der Waals surface area contributed by atoms with Crippen molar-refractivity contribution < 1.29 is 19.2 Å². The molecule has 0 aromatic heterocycles. The molecule has 0 fully saturated rings. The van der Waals surface area contributed by atoms with E-state index in [0.717, 1.165) is 18.4 Å². The van der Waals surface area contributed by atoms with Crippen molar-refractivity contribution in [3.05, 3.63) is 137 Å². The zero-order valence-electron chi connectivity index (χ0n) is 23.2. The van der Waals surface area contributed by atoms with Gasteiger partial charge in [0.1, 0.15) is 0 Å². The number of hydrogen-bond acceptors (Lipinski definition) is 0. The van der Waals surface area contributed by atoms with Crippen molar-refractivity contribution in [1.29, 1.82) is 0 Å². The number of fused-ring (bicyclic) bond motifs is 2. The summed E-state index contributed by atoms with van der Waals surface area (Å²) in [6, 6.07) is 9.87. The van der Waals surface area contributed by atoms with Gasteiger partial charge >= 0.3 is 26.8 Å². The number of rotatable bonds is 0. The van der Waals surface area contributed by atoms with Crippen LogP contribution in [0.3, 0.4) is 0 Å². The molecule has 0 atom stereocenters. The third-order valence-corrected chi connectivity index (χ3v) is 6.32. The predicted octanol–water partition coefficient (Wildman–Crippen LogP) is 8.97. The number of hydrogen-bond donors (Lipinski definition) is 0. The van der Waals surface area contributed by atoms with E-state index in [9.17, 15) is 0 Å². The molecule has 4 heteroatoms. The monoisotopic (exact) mass is 583 g/mol. The van der Waals surface area contributed by atoms with Crippen LogP contribution in [0.4, 0.5) is 0 Å². The van der Waals surface area contributed by atoms with E-state index in [4.69, 9.17) is 0 Å². The first-order valence-corrected chi connectivity index (χ1v) is 16.2. The van der Waals surface area contributed by atoms with Crippen molar-refractivity contribution in [2.24, 2.45) is 10.8 Å². The average molecular weight is 585 g/mol. The van der Waals surface area contributed by atoms with Crippen molar-refractivity contribution in [2.45, 2.75) is 54.4 Å². The van der Waals surface area contributed by atoms with Crippen LogP contribution in [0.25, 0.3) is 0 Å². The molecule has 0 spiro atoms. The van der Waals surface area contributed by atoms with Crippen LogP contribution in [0, 0.1) is 29.9 Å². The van der Waals surface area contributed by atoms with E-state index in [1.54, 1.807) is 0 Å². The summed E-state index contributed by atoms with van der Waals surface area (Å²) < 4.78 is 0. The van der Waals surface area contributed by atoms with Crippen LogP contribution in [-0.4, -0.2) is 7.63 Å². The first-order valence-electron chi connectivity index (χ1n) is 12.2. The molecule has 0 N–H and O–H groups in total. The summed E-state index contributed by atoms with van der Waals surface area (Å²) >= 11 is 2.03. The second-order valence-electron chi connectivity index (χ2n) is 10.4. The third kappa shape index (κ3) is 10.7. The van der Waals surface area contributed by atoms with Gasteiger partial charge in [0.05, 0.1) is 0 Å². The van der Waals surface area contributed by atoms with Gasteiger partial charge in [0.15, 0.2) is 0 Å². The Balaban J connectivity index is 0.000000514. The quantitative estimate of drug-likeness (QED) is 0.211. The molecule has 0 aliphatic heterocycles. The second-order valence-corrected chi connectivity index (χ2v) is 10.4. The van der Waals surface area contributed by atoms with Crippen LogP contribution in [0.2, 0.25) is 0 Å². The Kier molecular flexibility index (Phi) is 15.8. The first-order chi connectivity index (χ1) is 16.6. The molecule has 1 aromatic rings. The van der Waals surface area contributed by atoms with Gasteiger partial charge in [0, 0.05) is 0 Å². The molecule has 0 heterocycles. The van der Waals surface area contributed by atoms with Crippen LogP contribution in [0.15, 0.2) is 112 Å². The standard InChI is InChI=1S/2C13H15.C7H7.2ClH.H2Si.Ti/c2*1-10-8-11-6-4-5-7-13(2,3)12(11)9-10;1-7-5-3-2-4-6-7;;;;/h2*4-6,9H,7H2,1-3H3;2-6H,1H2;2*1H;1H2;/q3*-1;;;;. The Morgan fingerprint density at radius 2 is 1.11 bits per heavy atom. The Labute approximate surface area is 252 Å². The zero-order chi connectivity index (χ0) is 26.1. The molecule has 5 rings (SSSR count). The Morgan fingerprint density at radius 3 is 1.43 bits per heavy atom. The second kappa shape index (κ2) is 16.5. The SMILES string of the molecule is CC1=[C-]C2=CC=CCC(C)(C)C2=C1.CC1=[C-]C2=CC=CCC(C)(C)C2=C1.Cl.Cl.[CH2-]c1ccccc1.[SiH2]=[Ti]. The van der Waals surface area contributed by atoms with E-state index in [-0.39, 0.29) is 35.6 Å². The summed E-state index contributed by atoms with van der Waals surface area (Å²) in [4.78, 5) is 0. The van der Waals surface area contributed by atoms with Gasteiger partial charge in [-0.2, -0.15) is 59.1 Å². The fraction of sp³-hybridized carbons (Fsp3) is 0.303. The van der Waals surface area contributed by atoms with Crippen LogP contribution in [-0.2, 0) is 19.2 Å². The fourth-order valence-corrected chi connectivity index (χ4v) is 4.35. The van der Waals surface area contributed by atoms with Gasteiger partial charge in [-0.3, -0.25) is 0 Å². The fourth-order valence-electron chi connectivity index (χ4n) is 4.35. The third-order valence-electron chi connectivity index (χ3n) is 6.32. The summed E-state index contributed by atoms with van der Waals surface area (Å²) in [6.07, 6.45) is 26.6. The molecule has 0 radical (unpaired) electrons. The van der Waals surface area contributed by atoms with Gasteiger partial charge in [0.25, 0.3) is 0 Å². The Bertz CT molecular complexity index is 1070. The summed E-state index contributed by atoms with van der Waals surface area (Å²) in [7, 11) is 1.86. The van der Waals surface area contributed by atoms with E-state index >= 15 is 0 Å². The number of benzene rings is 1. The van der Waals surface area contributed by atoms with Crippen LogP contribution < -0.4 is 0 Å². The molecule has 0 unspecified atom stereocenters. The molecular weight excluding hydrogens is 543 g/mol. The first kappa shape index (κ1) is 35.5. The predicted molar refractivity (Wildman–Crippen MR) is 166 cm³/mol. The Morgan fingerprint density at radius 1 is 0.730 bits per heavy atom. The Hall–Kier alpha value is -1.48. The minimum atomic E-state index is 0. The molecular formula is C33H41Cl2SiTi-3. The number of allylic oxidation sites excluding steroid dienone is 16. The molecule has 37 heavy (non-hydrogen) atoms. The summed E-state index contributed by atoms with van der Waals surface area (Å²) in [5, 5.41) is 0. The molecule has 198 valence electrons. The number of halogens is 2. The van der Waals surface area contributed by atoms with Crippen molar-refractivity contribution in [1.82, 2.24) is 0 Å².